The zero-order valence-corrected chi connectivity index (χ0v) is 13.1. The molecule has 0 heterocycles. The Bertz CT molecular complexity index is 740. The number of hydrogen-bond acceptors (Lipinski definition) is 3. The molecule has 0 aliphatic rings. The molecule has 0 unspecified atom stereocenters. The van der Waals surface area contributed by atoms with Gasteiger partial charge in [-0.3, -0.25) is 4.72 Å². The Kier molecular flexibility index (Phi) is 4.53. The van der Waals surface area contributed by atoms with Gasteiger partial charge in [0, 0.05) is 5.69 Å². The van der Waals surface area contributed by atoms with Gasteiger partial charge in [0.1, 0.15) is 0 Å². The summed E-state index contributed by atoms with van der Waals surface area (Å²) in [5.74, 6) is 0. The summed E-state index contributed by atoms with van der Waals surface area (Å²) in [4.78, 5) is 0.178. The van der Waals surface area contributed by atoms with Crippen molar-refractivity contribution in [2.24, 2.45) is 0 Å². The largest absolute Gasteiger partial charge is 0.398 e. The van der Waals surface area contributed by atoms with Crippen LogP contribution in [-0.4, -0.2) is 8.42 Å². The molecule has 0 amide bonds. The lowest BCUT2D eigenvalue weighted by Gasteiger charge is -2.13. The maximum Gasteiger partial charge on any atom is 0.261 e. The van der Waals surface area contributed by atoms with E-state index in [9.17, 15) is 8.42 Å². The van der Waals surface area contributed by atoms with E-state index in [-0.39, 0.29) is 4.90 Å². The molecule has 0 bridgehead atoms. The van der Waals surface area contributed by atoms with Gasteiger partial charge < -0.3 is 5.73 Å². The maximum absolute atomic E-state index is 12.5. The number of rotatable bonds is 5. The summed E-state index contributed by atoms with van der Waals surface area (Å²) in [6.07, 6.45) is 1.78. The summed E-state index contributed by atoms with van der Waals surface area (Å²) < 4.78 is 27.6. The van der Waals surface area contributed by atoms with E-state index >= 15 is 0 Å². The van der Waals surface area contributed by atoms with Crippen molar-refractivity contribution in [1.29, 1.82) is 0 Å². The SMILES string of the molecule is CCCc1ccccc1NS(=O)(=O)c1ccc(C)c(N)c1. The van der Waals surface area contributed by atoms with Crippen LogP contribution in [-0.2, 0) is 16.4 Å². The number of hydrogen-bond donors (Lipinski definition) is 2. The van der Waals surface area contributed by atoms with Gasteiger partial charge in [-0.25, -0.2) is 8.42 Å². The van der Waals surface area contributed by atoms with Gasteiger partial charge in [0.05, 0.1) is 10.6 Å². The number of nitrogen functional groups attached to an aromatic ring is 1. The zero-order chi connectivity index (χ0) is 15.5. The molecule has 21 heavy (non-hydrogen) atoms. The van der Waals surface area contributed by atoms with Crippen molar-refractivity contribution in [2.45, 2.75) is 31.6 Å². The molecular formula is C16H20N2O2S. The third kappa shape index (κ3) is 3.55. The van der Waals surface area contributed by atoms with Crippen molar-refractivity contribution in [3.05, 3.63) is 53.6 Å². The molecule has 0 aromatic heterocycles. The second-order valence-corrected chi connectivity index (χ2v) is 6.71. The van der Waals surface area contributed by atoms with E-state index in [2.05, 4.69) is 11.6 Å². The number of sulfonamides is 1. The first-order valence-corrected chi connectivity index (χ1v) is 8.39. The van der Waals surface area contributed by atoms with Crippen LogP contribution < -0.4 is 10.5 Å². The second kappa shape index (κ2) is 6.18. The van der Waals surface area contributed by atoms with Crippen molar-refractivity contribution in [3.8, 4) is 0 Å². The van der Waals surface area contributed by atoms with Crippen molar-refractivity contribution < 1.29 is 8.42 Å². The van der Waals surface area contributed by atoms with E-state index in [4.69, 9.17) is 5.73 Å². The quantitative estimate of drug-likeness (QED) is 0.832. The van der Waals surface area contributed by atoms with Gasteiger partial charge in [0.25, 0.3) is 10.0 Å². The number of nitrogens with one attached hydrogen (secondary N) is 1. The summed E-state index contributed by atoms with van der Waals surface area (Å²) >= 11 is 0. The Balaban J connectivity index is 2.35. The van der Waals surface area contributed by atoms with Gasteiger partial charge in [0.15, 0.2) is 0 Å². The Morgan fingerprint density at radius 2 is 1.86 bits per heavy atom. The van der Waals surface area contributed by atoms with Crippen LogP contribution in [0.5, 0.6) is 0 Å². The molecule has 2 aromatic rings. The van der Waals surface area contributed by atoms with Crippen LogP contribution in [0.3, 0.4) is 0 Å². The molecule has 0 spiro atoms. The number of para-hydroxylation sites is 1. The highest BCUT2D eigenvalue weighted by Gasteiger charge is 2.16. The van der Waals surface area contributed by atoms with E-state index in [0.717, 1.165) is 24.0 Å². The summed E-state index contributed by atoms with van der Waals surface area (Å²) in [5.41, 5.74) is 8.74. The van der Waals surface area contributed by atoms with E-state index < -0.39 is 10.0 Å². The van der Waals surface area contributed by atoms with E-state index in [1.54, 1.807) is 18.2 Å². The third-order valence-electron chi connectivity index (χ3n) is 3.34. The summed E-state index contributed by atoms with van der Waals surface area (Å²) in [5, 5.41) is 0. The predicted molar refractivity (Wildman–Crippen MR) is 86.8 cm³/mol. The summed E-state index contributed by atoms with van der Waals surface area (Å²) in [6, 6.07) is 12.2. The molecule has 0 saturated carbocycles. The highest BCUT2D eigenvalue weighted by Crippen LogP contribution is 2.23. The topological polar surface area (TPSA) is 72.2 Å². The fourth-order valence-corrected chi connectivity index (χ4v) is 3.23. The van der Waals surface area contributed by atoms with Crippen LogP contribution in [0.1, 0.15) is 24.5 Å². The van der Waals surface area contributed by atoms with Gasteiger partial charge in [-0.15, -0.1) is 0 Å². The normalized spacial score (nSPS) is 11.3. The number of aryl methyl sites for hydroxylation is 2. The summed E-state index contributed by atoms with van der Waals surface area (Å²) in [6.45, 7) is 3.90. The van der Waals surface area contributed by atoms with Gasteiger partial charge in [-0.2, -0.15) is 0 Å². The van der Waals surface area contributed by atoms with Crippen LogP contribution in [0.15, 0.2) is 47.4 Å². The van der Waals surface area contributed by atoms with Crippen molar-refractivity contribution in [2.75, 3.05) is 10.5 Å². The first-order valence-electron chi connectivity index (χ1n) is 6.91. The molecule has 3 N–H and O–H groups in total. The fourth-order valence-electron chi connectivity index (χ4n) is 2.10. The van der Waals surface area contributed by atoms with Crippen LogP contribution >= 0.6 is 0 Å². The average Bonchev–Trinajstić information content (AvgIpc) is 2.44. The Hall–Kier alpha value is -2.01. The Labute approximate surface area is 126 Å². The molecule has 4 nitrogen and oxygen atoms in total. The fraction of sp³-hybridized carbons (Fsp3) is 0.250. The van der Waals surface area contributed by atoms with Gasteiger partial charge in [0.2, 0.25) is 0 Å². The first kappa shape index (κ1) is 15.4. The molecule has 0 atom stereocenters. The molecule has 112 valence electrons. The molecule has 5 heteroatoms. The molecule has 0 fully saturated rings. The molecule has 2 aromatic carbocycles. The zero-order valence-electron chi connectivity index (χ0n) is 12.3. The molecular weight excluding hydrogens is 284 g/mol. The third-order valence-corrected chi connectivity index (χ3v) is 4.71. The molecule has 0 radical (unpaired) electrons. The van der Waals surface area contributed by atoms with Gasteiger partial charge >= 0.3 is 0 Å². The molecule has 2 rings (SSSR count). The van der Waals surface area contributed by atoms with Crippen molar-refractivity contribution in [1.82, 2.24) is 0 Å². The lowest BCUT2D eigenvalue weighted by atomic mass is 10.1. The highest BCUT2D eigenvalue weighted by molar-refractivity contribution is 7.92. The lowest BCUT2D eigenvalue weighted by Crippen LogP contribution is -2.14. The first-order chi connectivity index (χ1) is 9.94. The van der Waals surface area contributed by atoms with E-state index in [0.29, 0.717) is 11.4 Å². The van der Waals surface area contributed by atoms with E-state index in [1.807, 2.05) is 25.1 Å². The molecule has 0 aliphatic carbocycles. The Morgan fingerprint density at radius 3 is 2.52 bits per heavy atom. The van der Waals surface area contributed by atoms with Crippen molar-refractivity contribution in [3.63, 3.8) is 0 Å². The Morgan fingerprint density at radius 1 is 1.14 bits per heavy atom. The number of benzene rings is 2. The minimum absolute atomic E-state index is 0.178. The second-order valence-electron chi connectivity index (χ2n) is 5.03. The number of anilines is 2. The monoisotopic (exact) mass is 304 g/mol. The molecule has 0 aliphatic heterocycles. The minimum Gasteiger partial charge on any atom is -0.398 e. The van der Waals surface area contributed by atoms with Crippen LogP contribution in [0.2, 0.25) is 0 Å². The van der Waals surface area contributed by atoms with Gasteiger partial charge in [-0.05, 0) is 42.7 Å². The smallest absolute Gasteiger partial charge is 0.261 e. The standard InChI is InChI=1S/C16H20N2O2S/c1-3-6-13-7-4-5-8-16(13)18-21(19,20)14-10-9-12(2)15(17)11-14/h4-5,7-11,18H,3,6,17H2,1-2H3. The highest BCUT2D eigenvalue weighted by atomic mass is 32.2. The minimum atomic E-state index is -3.62. The average molecular weight is 304 g/mol. The van der Waals surface area contributed by atoms with Crippen LogP contribution in [0.25, 0.3) is 0 Å². The lowest BCUT2D eigenvalue weighted by molar-refractivity contribution is 0.601. The van der Waals surface area contributed by atoms with Gasteiger partial charge in [-0.1, -0.05) is 37.6 Å². The number of nitrogens with two attached hydrogens (primary N) is 1. The van der Waals surface area contributed by atoms with Crippen LogP contribution in [0, 0.1) is 6.92 Å². The predicted octanol–water partition coefficient (Wildman–Crippen LogP) is 3.33. The van der Waals surface area contributed by atoms with Crippen molar-refractivity contribution >= 4 is 21.4 Å². The molecule has 0 saturated heterocycles. The van der Waals surface area contributed by atoms with Crippen LogP contribution in [0.4, 0.5) is 11.4 Å². The summed E-state index contributed by atoms with van der Waals surface area (Å²) in [7, 11) is -3.62. The van der Waals surface area contributed by atoms with E-state index in [1.165, 1.54) is 6.07 Å². The maximum atomic E-state index is 12.5.